The van der Waals surface area contributed by atoms with Crippen LogP contribution in [0.15, 0.2) is 36.4 Å². The van der Waals surface area contributed by atoms with Crippen LogP contribution in [-0.4, -0.2) is 14.2 Å². The molecule has 2 aromatic carbocycles. The largest absolute Gasteiger partial charge is 0.497 e. The van der Waals surface area contributed by atoms with Crippen LogP contribution in [0.4, 0.5) is 0 Å². The van der Waals surface area contributed by atoms with Gasteiger partial charge >= 0.3 is 0 Å². The molecule has 0 aliphatic carbocycles. The normalized spacial score (nSPS) is 12.0. The van der Waals surface area contributed by atoms with Gasteiger partial charge in [0.1, 0.15) is 11.5 Å². The van der Waals surface area contributed by atoms with Crippen LogP contribution < -0.4 is 20.7 Å². The van der Waals surface area contributed by atoms with E-state index in [0.717, 1.165) is 33.2 Å². The summed E-state index contributed by atoms with van der Waals surface area (Å²) < 4.78 is 10.6. The monoisotopic (exact) mass is 306 g/mol. The van der Waals surface area contributed by atoms with Crippen molar-refractivity contribution in [3.8, 4) is 11.5 Å². The maximum atomic E-state index is 6.08. The fraction of sp³-hybridized carbons (Fsp3) is 0.250. The number of benzene rings is 2. The summed E-state index contributed by atoms with van der Waals surface area (Å²) in [5.74, 6) is 7.18. The third-order valence-electron chi connectivity index (χ3n) is 3.39. The Labute approximate surface area is 129 Å². The summed E-state index contributed by atoms with van der Waals surface area (Å²) in [4.78, 5) is 0. The standard InChI is InChI=1S/C16H19ClN2O2/c1-10-6-11(4-5-15(10)17)16(19-18)12-7-13(20-2)9-14(8-12)21-3/h4-9,16,19H,18H2,1-3H3. The van der Waals surface area contributed by atoms with Crippen LogP contribution in [0, 0.1) is 6.92 Å². The first-order chi connectivity index (χ1) is 10.1. The number of nitrogens with one attached hydrogen (secondary N) is 1. The highest BCUT2D eigenvalue weighted by molar-refractivity contribution is 6.31. The van der Waals surface area contributed by atoms with Crippen molar-refractivity contribution >= 4 is 11.6 Å². The second-order valence-electron chi connectivity index (χ2n) is 4.75. The second-order valence-corrected chi connectivity index (χ2v) is 5.16. The van der Waals surface area contributed by atoms with Crippen LogP contribution in [-0.2, 0) is 0 Å². The molecule has 0 amide bonds. The van der Waals surface area contributed by atoms with Crippen molar-refractivity contribution in [2.45, 2.75) is 13.0 Å². The van der Waals surface area contributed by atoms with Crippen molar-refractivity contribution in [2.75, 3.05) is 14.2 Å². The summed E-state index contributed by atoms with van der Waals surface area (Å²) in [6.45, 7) is 1.96. The topological polar surface area (TPSA) is 56.5 Å². The van der Waals surface area contributed by atoms with E-state index in [1.807, 2.05) is 43.3 Å². The molecular weight excluding hydrogens is 288 g/mol. The van der Waals surface area contributed by atoms with E-state index in [-0.39, 0.29) is 6.04 Å². The summed E-state index contributed by atoms with van der Waals surface area (Å²) in [5, 5.41) is 0.734. The fourth-order valence-electron chi connectivity index (χ4n) is 2.23. The van der Waals surface area contributed by atoms with Crippen molar-refractivity contribution in [1.29, 1.82) is 0 Å². The number of aryl methyl sites for hydroxylation is 1. The molecular formula is C16H19ClN2O2. The number of halogens is 1. The molecule has 1 atom stereocenters. The summed E-state index contributed by atoms with van der Waals surface area (Å²) in [7, 11) is 3.24. The maximum absolute atomic E-state index is 6.08. The molecule has 0 aliphatic rings. The van der Waals surface area contributed by atoms with E-state index in [0.29, 0.717) is 0 Å². The molecule has 0 fully saturated rings. The molecule has 2 rings (SSSR count). The maximum Gasteiger partial charge on any atom is 0.122 e. The quantitative estimate of drug-likeness (QED) is 0.658. The molecule has 4 nitrogen and oxygen atoms in total. The van der Waals surface area contributed by atoms with E-state index in [4.69, 9.17) is 26.9 Å². The SMILES string of the molecule is COc1cc(OC)cc(C(NN)c2ccc(Cl)c(C)c2)c1. The molecule has 0 radical (unpaired) electrons. The number of ether oxygens (including phenoxy) is 2. The molecule has 2 aromatic rings. The van der Waals surface area contributed by atoms with Gasteiger partial charge in [0, 0.05) is 11.1 Å². The smallest absolute Gasteiger partial charge is 0.122 e. The molecule has 0 saturated heterocycles. The number of rotatable bonds is 5. The Morgan fingerprint density at radius 1 is 1.00 bits per heavy atom. The van der Waals surface area contributed by atoms with Gasteiger partial charge in [-0.25, -0.2) is 5.43 Å². The second kappa shape index (κ2) is 6.80. The highest BCUT2D eigenvalue weighted by atomic mass is 35.5. The van der Waals surface area contributed by atoms with Gasteiger partial charge in [0.25, 0.3) is 0 Å². The van der Waals surface area contributed by atoms with Gasteiger partial charge in [0.05, 0.1) is 20.3 Å². The van der Waals surface area contributed by atoms with E-state index in [9.17, 15) is 0 Å². The van der Waals surface area contributed by atoms with Crippen molar-refractivity contribution in [2.24, 2.45) is 5.84 Å². The first-order valence-corrected chi connectivity index (χ1v) is 6.92. The summed E-state index contributed by atoms with van der Waals surface area (Å²) in [6.07, 6.45) is 0. The minimum absolute atomic E-state index is 0.176. The number of hydrazine groups is 1. The van der Waals surface area contributed by atoms with Crippen LogP contribution >= 0.6 is 11.6 Å². The van der Waals surface area contributed by atoms with Crippen LogP contribution in [0.3, 0.4) is 0 Å². The predicted octanol–water partition coefficient (Wildman–Crippen LogP) is 3.22. The number of hydrogen-bond donors (Lipinski definition) is 2. The fourth-order valence-corrected chi connectivity index (χ4v) is 2.35. The molecule has 21 heavy (non-hydrogen) atoms. The zero-order valence-electron chi connectivity index (χ0n) is 12.3. The Kier molecular flexibility index (Phi) is 5.07. The average Bonchev–Trinajstić information content (AvgIpc) is 2.51. The van der Waals surface area contributed by atoms with Crippen LogP contribution in [0.1, 0.15) is 22.7 Å². The van der Waals surface area contributed by atoms with E-state index in [2.05, 4.69) is 5.43 Å². The Morgan fingerprint density at radius 3 is 2.10 bits per heavy atom. The minimum Gasteiger partial charge on any atom is -0.497 e. The molecule has 5 heteroatoms. The zero-order chi connectivity index (χ0) is 15.4. The third-order valence-corrected chi connectivity index (χ3v) is 3.81. The first kappa shape index (κ1) is 15.6. The molecule has 0 saturated carbocycles. The lowest BCUT2D eigenvalue weighted by Gasteiger charge is -2.19. The Morgan fingerprint density at radius 2 is 1.62 bits per heavy atom. The first-order valence-electron chi connectivity index (χ1n) is 6.54. The van der Waals surface area contributed by atoms with Crippen molar-refractivity contribution < 1.29 is 9.47 Å². The summed E-state index contributed by atoms with van der Waals surface area (Å²) in [6, 6.07) is 11.3. The van der Waals surface area contributed by atoms with Gasteiger partial charge in [-0.05, 0) is 41.8 Å². The van der Waals surface area contributed by atoms with Crippen LogP contribution in [0.2, 0.25) is 5.02 Å². The van der Waals surface area contributed by atoms with Gasteiger partial charge in [0.2, 0.25) is 0 Å². The molecule has 0 heterocycles. The number of nitrogens with two attached hydrogens (primary N) is 1. The lowest BCUT2D eigenvalue weighted by atomic mass is 9.97. The highest BCUT2D eigenvalue weighted by Crippen LogP contribution is 2.30. The molecule has 1 unspecified atom stereocenters. The molecule has 3 N–H and O–H groups in total. The van der Waals surface area contributed by atoms with Crippen molar-refractivity contribution in [1.82, 2.24) is 5.43 Å². The van der Waals surface area contributed by atoms with Gasteiger partial charge in [-0.2, -0.15) is 0 Å². The molecule has 0 spiro atoms. The van der Waals surface area contributed by atoms with Gasteiger partial charge in [-0.15, -0.1) is 0 Å². The van der Waals surface area contributed by atoms with Crippen LogP contribution in [0.25, 0.3) is 0 Å². The van der Waals surface area contributed by atoms with Gasteiger partial charge < -0.3 is 9.47 Å². The lowest BCUT2D eigenvalue weighted by Crippen LogP contribution is -2.29. The molecule has 0 aliphatic heterocycles. The highest BCUT2D eigenvalue weighted by Gasteiger charge is 2.15. The van der Waals surface area contributed by atoms with E-state index < -0.39 is 0 Å². The average molecular weight is 307 g/mol. The van der Waals surface area contributed by atoms with Gasteiger partial charge in [0.15, 0.2) is 0 Å². The van der Waals surface area contributed by atoms with E-state index in [1.165, 1.54) is 0 Å². The summed E-state index contributed by atoms with van der Waals surface area (Å²) >= 11 is 6.08. The van der Waals surface area contributed by atoms with Gasteiger partial charge in [-0.1, -0.05) is 23.7 Å². The van der Waals surface area contributed by atoms with Crippen molar-refractivity contribution in [3.05, 3.63) is 58.1 Å². The number of methoxy groups -OCH3 is 2. The molecule has 112 valence electrons. The van der Waals surface area contributed by atoms with Crippen molar-refractivity contribution in [3.63, 3.8) is 0 Å². The Hall–Kier alpha value is -1.75. The molecule has 0 bridgehead atoms. The third kappa shape index (κ3) is 3.47. The Bertz CT molecular complexity index is 609. The van der Waals surface area contributed by atoms with Gasteiger partial charge in [-0.3, -0.25) is 5.84 Å². The zero-order valence-corrected chi connectivity index (χ0v) is 13.1. The molecule has 0 aromatic heterocycles. The summed E-state index contributed by atoms with van der Waals surface area (Å²) in [5.41, 5.74) is 5.81. The predicted molar refractivity (Wildman–Crippen MR) is 84.9 cm³/mol. The van der Waals surface area contributed by atoms with E-state index >= 15 is 0 Å². The minimum atomic E-state index is -0.176. The van der Waals surface area contributed by atoms with E-state index in [1.54, 1.807) is 14.2 Å². The number of hydrogen-bond acceptors (Lipinski definition) is 4. The Balaban J connectivity index is 2.47. The van der Waals surface area contributed by atoms with Crippen LogP contribution in [0.5, 0.6) is 11.5 Å². The lowest BCUT2D eigenvalue weighted by molar-refractivity contribution is 0.392.